The molecule has 4 heteroatoms. The van der Waals surface area contributed by atoms with E-state index >= 15 is 0 Å². The van der Waals surface area contributed by atoms with Gasteiger partial charge in [0.15, 0.2) is 0 Å². The minimum Gasteiger partial charge on any atom is -0.508 e. The summed E-state index contributed by atoms with van der Waals surface area (Å²) in [5, 5.41) is 20.8. The summed E-state index contributed by atoms with van der Waals surface area (Å²) in [6.07, 6.45) is 0. The lowest BCUT2D eigenvalue weighted by atomic mass is 10.1. The fraction of sp³-hybridized carbons (Fsp3) is 0. The van der Waals surface area contributed by atoms with Crippen molar-refractivity contribution >= 4 is 10.8 Å². The van der Waals surface area contributed by atoms with Gasteiger partial charge in [0.1, 0.15) is 5.75 Å². The third-order valence-corrected chi connectivity index (χ3v) is 3.02. The van der Waals surface area contributed by atoms with E-state index in [1.165, 1.54) is 22.8 Å². The summed E-state index contributed by atoms with van der Waals surface area (Å²) in [6.45, 7) is 0. The number of aromatic hydroxyl groups is 2. The third kappa shape index (κ3) is 1.83. The van der Waals surface area contributed by atoms with Crippen molar-refractivity contribution < 1.29 is 10.2 Å². The molecule has 4 nitrogen and oxygen atoms in total. The second-order valence-corrected chi connectivity index (χ2v) is 4.25. The molecule has 1 heterocycles. The lowest BCUT2D eigenvalue weighted by Crippen LogP contribution is -2.17. The van der Waals surface area contributed by atoms with Crippen molar-refractivity contribution in [3.8, 4) is 17.3 Å². The van der Waals surface area contributed by atoms with E-state index in [1.807, 2.05) is 6.07 Å². The smallest absolute Gasteiger partial charge is 0.258 e. The number of fused-ring (bicyclic) bond motifs is 1. The molecular weight excluding hydrogens is 242 g/mol. The minimum atomic E-state index is -0.318. The van der Waals surface area contributed by atoms with Crippen LogP contribution in [0.4, 0.5) is 0 Å². The van der Waals surface area contributed by atoms with Crippen LogP contribution in [-0.2, 0) is 0 Å². The Morgan fingerprint density at radius 1 is 0.895 bits per heavy atom. The molecule has 0 amide bonds. The van der Waals surface area contributed by atoms with E-state index in [2.05, 4.69) is 0 Å². The Bertz CT molecular complexity index is 804. The first-order chi connectivity index (χ1) is 9.16. The van der Waals surface area contributed by atoms with Crippen LogP contribution in [0.1, 0.15) is 0 Å². The molecule has 0 atom stereocenters. The summed E-state index contributed by atoms with van der Waals surface area (Å²) in [5.41, 5.74) is 0.188. The number of nitrogens with zero attached hydrogens (tertiary/aromatic N) is 1. The topological polar surface area (TPSA) is 62.5 Å². The van der Waals surface area contributed by atoms with Crippen LogP contribution in [0.3, 0.4) is 0 Å². The van der Waals surface area contributed by atoms with E-state index in [0.717, 1.165) is 0 Å². The highest BCUT2D eigenvalue weighted by atomic mass is 16.3. The minimum absolute atomic E-state index is 0.103. The molecule has 0 spiro atoms. The normalized spacial score (nSPS) is 10.7. The van der Waals surface area contributed by atoms with Crippen molar-refractivity contribution in [3.63, 3.8) is 0 Å². The van der Waals surface area contributed by atoms with Crippen molar-refractivity contribution in [1.29, 1.82) is 0 Å². The van der Waals surface area contributed by atoms with Crippen LogP contribution in [0.25, 0.3) is 16.5 Å². The van der Waals surface area contributed by atoms with Gasteiger partial charge in [-0.2, -0.15) is 0 Å². The number of rotatable bonds is 1. The molecule has 3 aromatic rings. The van der Waals surface area contributed by atoms with Crippen LogP contribution in [0.5, 0.6) is 11.6 Å². The summed E-state index contributed by atoms with van der Waals surface area (Å²) in [5.74, 6) is 0.00543. The first-order valence-electron chi connectivity index (χ1n) is 5.80. The van der Waals surface area contributed by atoms with Gasteiger partial charge in [0.25, 0.3) is 5.56 Å². The number of benzene rings is 2. The van der Waals surface area contributed by atoms with Crippen LogP contribution in [0.15, 0.2) is 59.4 Å². The predicted molar refractivity (Wildman–Crippen MR) is 72.9 cm³/mol. The molecule has 2 N–H and O–H groups in total. The lowest BCUT2D eigenvalue weighted by Gasteiger charge is -2.10. The number of phenolic OH excluding ortho intramolecular Hbond substituents is 1. The van der Waals surface area contributed by atoms with Crippen molar-refractivity contribution in [2.75, 3.05) is 0 Å². The van der Waals surface area contributed by atoms with Gasteiger partial charge < -0.3 is 10.2 Å². The number of aromatic nitrogens is 1. The molecule has 1 aromatic heterocycles. The summed E-state index contributed by atoms with van der Waals surface area (Å²) >= 11 is 0. The fourth-order valence-corrected chi connectivity index (χ4v) is 2.10. The Morgan fingerprint density at radius 3 is 2.32 bits per heavy atom. The van der Waals surface area contributed by atoms with Gasteiger partial charge in [-0.25, -0.2) is 4.57 Å². The second kappa shape index (κ2) is 4.17. The SMILES string of the molecule is O=c1cc2ccccc2c(O)n1-c1ccc(O)cc1. The number of pyridine rings is 1. The number of hydrogen-bond acceptors (Lipinski definition) is 3. The number of phenols is 1. The van der Waals surface area contributed by atoms with Gasteiger partial charge in [0.05, 0.1) is 5.69 Å². The summed E-state index contributed by atoms with van der Waals surface area (Å²) in [6, 6.07) is 14.7. The van der Waals surface area contributed by atoms with Crippen LogP contribution in [0, 0.1) is 0 Å². The zero-order valence-electron chi connectivity index (χ0n) is 9.95. The molecule has 94 valence electrons. The molecule has 0 aliphatic heterocycles. The van der Waals surface area contributed by atoms with E-state index in [0.29, 0.717) is 16.5 Å². The van der Waals surface area contributed by atoms with E-state index in [1.54, 1.807) is 30.3 Å². The van der Waals surface area contributed by atoms with E-state index < -0.39 is 0 Å². The van der Waals surface area contributed by atoms with Crippen LogP contribution in [0.2, 0.25) is 0 Å². The average molecular weight is 253 g/mol. The van der Waals surface area contributed by atoms with Crippen molar-refractivity contribution in [1.82, 2.24) is 4.57 Å². The molecule has 19 heavy (non-hydrogen) atoms. The van der Waals surface area contributed by atoms with Crippen molar-refractivity contribution in [2.24, 2.45) is 0 Å². The molecular formula is C15H11NO3. The molecule has 0 saturated carbocycles. The fourth-order valence-electron chi connectivity index (χ4n) is 2.10. The largest absolute Gasteiger partial charge is 0.508 e. The standard InChI is InChI=1S/C15H11NO3/c17-12-7-5-11(6-8-12)16-14(18)9-10-3-1-2-4-13(10)15(16)19/h1-9,17,19H. The zero-order chi connectivity index (χ0) is 13.4. The maximum Gasteiger partial charge on any atom is 0.258 e. The lowest BCUT2D eigenvalue weighted by molar-refractivity contribution is 0.442. The Labute approximate surface area is 108 Å². The highest BCUT2D eigenvalue weighted by Crippen LogP contribution is 2.25. The third-order valence-electron chi connectivity index (χ3n) is 3.02. The van der Waals surface area contributed by atoms with Gasteiger partial charge in [-0.3, -0.25) is 4.79 Å². The highest BCUT2D eigenvalue weighted by molar-refractivity contribution is 5.87. The Balaban J connectivity index is 2.35. The average Bonchev–Trinajstić information content (AvgIpc) is 2.41. The van der Waals surface area contributed by atoms with Gasteiger partial charge in [0.2, 0.25) is 5.88 Å². The number of hydrogen-bond donors (Lipinski definition) is 2. The van der Waals surface area contributed by atoms with E-state index in [-0.39, 0.29) is 17.2 Å². The quantitative estimate of drug-likeness (QED) is 0.700. The second-order valence-electron chi connectivity index (χ2n) is 4.25. The molecule has 0 saturated heterocycles. The summed E-state index contributed by atoms with van der Waals surface area (Å²) in [4.78, 5) is 12.1. The van der Waals surface area contributed by atoms with Crippen LogP contribution < -0.4 is 5.56 Å². The Morgan fingerprint density at radius 2 is 1.58 bits per heavy atom. The summed E-state index contributed by atoms with van der Waals surface area (Å²) < 4.78 is 1.21. The zero-order valence-corrected chi connectivity index (χ0v) is 9.95. The molecule has 0 aliphatic rings. The Kier molecular flexibility index (Phi) is 2.49. The van der Waals surface area contributed by atoms with Gasteiger partial charge in [0, 0.05) is 11.5 Å². The molecule has 2 aromatic carbocycles. The van der Waals surface area contributed by atoms with Gasteiger partial charge >= 0.3 is 0 Å². The molecule has 0 aliphatic carbocycles. The van der Waals surface area contributed by atoms with Crippen LogP contribution >= 0.6 is 0 Å². The predicted octanol–water partition coefficient (Wildman–Crippen LogP) is 2.40. The monoisotopic (exact) mass is 253 g/mol. The Hall–Kier alpha value is -2.75. The maximum atomic E-state index is 12.1. The maximum absolute atomic E-state index is 12.1. The van der Waals surface area contributed by atoms with Crippen molar-refractivity contribution in [3.05, 3.63) is 65.0 Å². The molecule has 0 fully saturated rings. The van der Waals surface area contributed by atoms with E-state index in [9.17, 15) is 15.0 Å². The molecule has 0 radical (unpaired) electrons. The van der Waals surface area contributed by atoms with Gasteiger partial charge in [-0.1, -0.05) is 18.2 Å². The molecule has 0 unspecified atom stereocenters. The van der Waals surface area contributed by atoms with Crippen molar-refractivity contribution in [2.45, 2.75) is 0 Å². The van der Waals surface area contributed by atoms with Crippen LogP contribution in [-0.4, -0.2) is 14.8 Å². The summed E-state index contributed by atoms with van der Waals surface area (Å²) in [7, 11) is 0. The first-order valence-corrected chi connectivity index (χ1v) is 5.80. The molecule has 0 bridgehead atoms. The van der Waals surface area contributed by atoms with Gasteiger partial charge in [-0.15, -0.1) is 0 Å². The van der Waals surface area contributed by atoms with E-state index in [4.69, 9.17) is 0 Å². The van der Waals surface area contributed by atoms with Gasteiger partial charge in [-0.05, 0) is 35.7 Å². The first kappa shape index (κ1) is 11.3. The highest BCUT2D eigenvalue weighted by Gasteiger charge is 2.10. The molecule has 3 rings (SSSR count).